The molecule has 0 aliphatic heterocycles. The lowest BCUT2D eigenvalue weighted by molar-refractivity contribution is -0.00000219. The summed E-state index contributed by atoms with van der Waals surface area (Å²) in [6.45, 7) is 2.27. The first-order valence-corrected chi connectivity index (χ1v) is 5.71. The van der Waals surface area contributed by atoms with Gasteiger partial charge in [0.15, 0.2) is 0 Å². The molecule has 0 aromatic heterocycles. The monoisotopic (exact) mass is 288 g/mol. The van der Waals surface area contributed by atoms with Crippen molar-refractivity contribution in [2.75, 3.05) is 6.16 Å². The molecular weight excluding hydrogens is 266 g/mol. The predicted octanol–water partition coefficient (Wildman–Crippen LogP) is 0.348. The maximum absolute atomic E-state index is 2.27. The lowest BCUT2D eigenvalue weighted by Crippen LogP contribution is -3.00. The third-order valence-corrected chi connectivity index (χ3v) is 2.35. The second kappa shape index (κ2) is 13.7. The Balaban J connectivity index is 0. The molecule has 0 saturated carbocycles. The molecule has 0 saturated heterocycles. The van der Waals surface area contributed by atoms with Crippen molar-refractivity contribution in [3.63, 3.8) is 0 Å². The third kappa shape index (κ3) is 14.1. The van der Waals surface area contributed by atoms with Gasteiger partial charge in [0.2, 0.25) is 0 Å². The van der Waals surface area contributed by atoms with Crippen molar-refractivity contribution in [2.45, 2.75) is 51.9 Å². The molecule has 0 radical (unpaired) electrons. The van der Waals surface area contributed by atoms with E-state index in [-0.39, 0.29) is 24.0 Å². The minimum Gasteiger partial charge on any atom is -1.00 e. The molecule has 11 heavy (non-hydrogen) atoms. The van der Waals surface area contributed by atoms with E-state index < -0.39 is 0 Å². The number of unbranched alkanes of at least 4 members (excludes halogenated alkanes) is 6. The van der Waals surface area contributed by atoms with Gasteiger partial charge in [-0.05, 0) is 22.1 Å². The molecule has 1 unspecified atom stereocenters. The molecule has 0 aliphatic rings. The number of rotatable bonds is 7. The van der Waals surface area contributed by atoms with E-state index in [0.717, 1.165) is 0 Å². The third-order valence-electron chi connectivity index (χ3n) is 1.85. The summed E-state index contributed by atoms with van der Waals surface area (Å²) >= 11 is 0. The van der Waals surface area contributed by atoms with E-state index in [1.165, 1.54) is 51.1 Å². The van der Waals surface area contributed by atoms with Gasteiger partial charge < -0.3 is 24.0 Å². The summed E-state index contributed by atoms with van der Waals surface area (Å²) in [5.41, 5.74) is 0. The van der Waals surface area contributed by atoms with Crippen LogP contribution in [0, 0.1) is 0 Å². The number of hydrogen-bond donors (Lipinski definition) is 0. The van der Waals surface area contributed by atoms with Gasteiger partial charge in [-0.3, -0.25) is 0 Å². The van der Waals surface area contributed by atoms with E-state index >= 15 is 0 Å². The Morgan fingerprint density at radius 3 is 1.73 bits per heavy atom. The molecule has 0 amide bonds. The van der Waals surface area contributed by atoms with E-state index in [1.54, 1.807) is 0 Å². The first kappa shape index (κ1) is 14.7. The first-order chi connectivity index (χ1) is 4.91. The van der Waals surface area contributed by atoms with Gasteiger partial charge >= 0.3 is 0 Å². The minimum absolute atomic E-state index is 0. The lowest BCUT2D eigenvalue weighted by atomic mass is 10.1. The predicted molar refractivity (Wildman–Crippen MR) is 54.0 cm³/mol. The normalized spacial score (nSPS) is 9.55. The standard InChI is InChI=1S/C9H21P.HI/c1-2-3-4-5-6-7-8-9-10;/h2-10H2,1H3;1H. The van der Waals surface area contributed by atoms with Crippen molar-refractivity contribution in [3.05, 3.63) is 0 Å². The van der Waals surface area contributed by atoms with Crippen LogP contribution in [0.15, 0.2) is 0 Å². The highest BCUT2D eigenvalue weighted by molar-refractivity contribution is 7.16. The second-order valence-corrected chi connectivity index (χ2v) is 3.68. The Bertz CT molecular complexity index is 49.5. The molecule has 2 heteroatoms. The van der Waals surface area contributed by atoms with Crippen LogP contribution in [0.4, 0.5) is 0 Å². The smallest absolute Gasteiger partial charge is 0.0526 e. The summed E-state index contributed by atoms with van der Waals surface area (Å²) in [5, 5.41) is 0. The van der Waals surface area contributed by atoms with Crippen LogP contribution >= 0.6 is 9.24 Å². The van der Waals surface area contributed by atoms with E-state index in [2.05, 4.69) is 16.2 Å². The van der Waals surface area contributed by atoms with Crippen molar-refractivity contribution >= 4 is 9.24 Å². The van der Waals surface area contributed by atoms with Gasteiger partial charge in [-0.25, -0.2) is 0 Å². The minimum atomic E-state index is 0. The quantitative estimate of drug-likeness (QED) is 0.360. The Morgan fingerprint density at radius 1 is 0.818 bits per heavy atom. The van der Waals surface area contributed by atoms with E-state index in [1.807, 2.05) is 0 Å². The molecule has 0 heterocycles. The van der Waals surface area contributed by atoms with Crippen molar-refractivity contribution < 1.29 is 24.0 Å². The molecule has 0 rings (SSSR count). The van der Waals surface area contributed by atoms with Gasteiger partial charge in [0.1, 0.15) is 0 Å². The molecule has 70 valence electrons. The Kier molecular flexibility index (Phi) is 18.3. The Morgan fingerprint density at radius 2 is 1.27 bits per heavy atom. The van der Waals surface area contributed by atoms with Crippen LogP contribution in [-0.2, 0) is 0 Å². The number of halogens is 1. The number of hydrogen-bond acceptors (Lipinski definition) is 0. The van der Waals surface area contributed by atoms with E-state index in [0.29, 0.717) is 0 Å². The van der Waals surface area contributed by atoms with Crippen molar-refractivity contribution in [3.8, 4) is 0 Å². The fourth-order valence-electron chi connectivity index (χ4n) is 1.13. The van der Waals surface area contributed by atoms with E-state index in [4.69, 9.17) is 0 Å². The highest BCUT2D eigenvalue weighted by Crippen LogP contribution is 2.07. The highest BCUT2D eigenvalue weighted by Gasteiger charge is 1.88. The van der Waals surface area contributed by atoms with Crippen LogP contribution in [0.5, 0.6) is 0 Å². The highest BCUT2D eigenvalue weighted by atomic mass is 127. The summed E-state index contributed by atoms with van der Waals surface area (Å²) < 4.78 is 0. The topological polar surface area (TPSA) is 0 Å². The maximum Gasteiger partial charge on any atom is 0.0526 e. The average Bonchev–Trinajstić information content (AvgIpc) is 1.97. The first-order valence-electron chi connectivity index (χ1n) is 4.71. The molecule has 0 spiro atoms. The molecule has 0 nitrogen and oxygen atoms in total. The summed E-state index contributed by atoms with van der Waals surface area (Å²) in [5.74, 6) is 0. The zero-order valence-electron chi connectivity index (χ0n) is 7.74. The van der Waals surface area contributed by atoms with Crippen LogP contribution < -0.4 is 24.0 Å². The van der Waals surface area contributed by atoms with Gasteiger partial charge in [0.05, 0.1) is 6.16 Å². The van der Waals surface area contributed by atoms with Gasteiger partial charge in [-0.1, -0.05) is 39.0 Å². The van der Waals surface area contributed by atoms with Gasteiger partial charge in [-0.2, -0.15) is 0 Å². The zero-order valence-corrected chi connectivity index (χ0v) is 11.3. The van der Waals surface area contributed by atoms with E-state index in [9.17, 15) is 0 Å². The fourth-order valence-corrected chi connectivity index (χ4v) is 1.49. The summed E-state index contributed by atoms with van der Waals surface area (Å²) in [4.78, 5) is 0. The zero-order chi connectivity index (χ0) is 7.66. The van der Waals surface area contributed by atoms with Crippen molar-refractivity contribution in [1.82, 2.24) is 0 Å². The Hall–Kier alpha value is 1.16. The summed E-state index contributed by atoms with van der Waals surface area (Å²) in [6, 6.07) is 0. The van der Waals surface area contributed by atoms with Crippen LogP contribution in [0.2, 0.25) is 0 Å². The molecule has 0 fully saturated rings. The molecule has 0 N–H and O–H groups in total. The van der Waals surface area contributed by atoms with Gasteiger partial charge in [-0.15, -0.1) is 0 Å². The van der Waals surface area contributed by atoms with Crippen LogP contribution in [-0.4, -0.2) is 6.16 Å². The van der Waals surface area contributed by atoms with Gasteiger partial charge in [0.25, 0.3) is 0 Å². The molecule has 1 atom stereocenters. The molecule has 0 bridgehead atoms. The average molecular weight is 288 g/mol. The van der Waals surface area contributed by atoms with Crippen LogP contribution in [0.3, 0.4) is 0 Å². The van der Waals surface area contributed by atoms with Gasteiger partial charge in [0, 0.05) is 0 Å². The largest absolute Gasteiger partial charge is 1.00 e. The molecule has 0 aromatic rings. The lowest BCUT2D eigenvalue weighted by Gasteiger charge is -1.96. The fraction of sp³-hybridized carbons (Fsp3) is 1.00. The Labute approximate surface area is 91.1 Å². The van der Waals surface area contributed by atoms with Crippen molar-refractivity contribution in [2.24, 2.45) is 0 Å². The summed E-state index contributed by atoms with van der Waals surface area (Å²) in [6.07, 6.45) is 11.5. The summed E-state index contributed by atoms with van der Waals surface area (Å²) in [7, 11) is 2.10. The maximum atomic E-state index is 2.27. The SMILES string of the molecule is CCCCCCCCC[PH3+].[I-]. The van der Waals surface area contributed by atoms with Crippen LogP contribution in [0.25, 0.3) is 0 Å². The van der Waals surface area contributed by atoms with Crippen LogP contribution in [0.1, 0.15) is 51.9 Å². The second-order valence-electron chi connectivity index (χ2n) is 2.97. The van der Waals surface area contributed by atoms with Crippen molar-refractivity contribution in [1.29, 1.82) is 0 Å². The molecule has 0 aromatic carbocycles. The molecular formula is C9H22IP. The molecule has 0 aliphatic carbocycles.